The molecule has 0 radical (unpaired) electrons. The lowest BCUT2D eigenvalue weighted by Crippen LogP contribution is -1.78. The van der Waals surface area contributed by atoms with Gasteiger partial charge in [-0.2, -0.15) is 5.11 Å². The first-order chi connectivity index (χ1) is 9.74. The number of benzene rings is 3. The van der Waals surface area contributed by atoms with Crippen LogP contribution in [0.1, 0.15) is 11.1 Å². The number of hydrogen-bond acceptors (Lipinski definition) is 2. The topological polar surface area (TPSA) is 24.7 Å². The highest BCUT2D eigenvalue weighted by molar-refractivity contribution is 5.94. The van der Waals surface area contributed by atoms with Gasteiger partial charge >= 0.3 is 0 Å². The molecule has 0 aliphatic heterocycles. The minimum Gasteiger partial charge on any atom is -0.151 e. The van der Waals surface area contributed by atoms with Crippen LogP contribution in [0.15, 0.2) is 70.9 Å². The maximum Gasteiger partial charge on any atom is 0.0935 e. The van der Waals surface area contributed by atoms with Crippen molar-refractivity contribution in [1.29, 1.82) is 0 Å². The van der Waals surface area contributed by atoms with Crippen LogP contribution in [0.5, 0.6) is 0 Å². The lowest BCUT2D eigenvalue weighted by molar-refractivity contribution is 1.23. The summed E-state index contributed by atoms with van der Waals surface area (Å²) in [4.78, 5) is 0. The molecule has 0 fully saturated rings. The van der Waals surface area contributed by atoms with Gasteiger partial charge in [-0.25, -0.2) is 0 Å². The molecule has 0 heterocycles. The molecule has 0 aliphatic carbocycles. The molecule has 0 amide bonds. The number of fused-ring (bicyclic) bond motifs is 1. The minimum absolute atomic E-state index is 0.875. The van der Waals surface area contributed by atoms with Gasteiger partial charge in [0.15, 0.2) is 0 Å². The Morgan fingerprint density at radius 3 is 2.10 bits per heavy atom. The van der Waals surface area contributed by atoms with E-state index < -0.39 is 0 Å². The summed E-state index contributed by atoms with van der Waals surface area (Å²) in [6.07, 6.45) is 0. The average molecular weight is 260 g/mol. The first kappa shape index (κ1) is 12.5. The molecule has 0 unspecified atom stereocenters. The molecule has 0 N–H and O–H groups in total. The molecule has 0 atom stereocenters. The van der Waals surface area contributed by atoms with Crippen LogP contribution in [0.3, 0.4) is 0 Å². The number of rotatable bonds is 2. The first-order valence-corrected chi connectivity index (χ1v) is 6.71. The van der Waals surface area contributed by atoms with Crippen LogP contribution < -0.4 is 0 Å². The van der Waals surface area contributed by atoms with Crippen molar-refractivity contribution < 1.29 is 0 Å². The van der Waals surface area contributed by atoms with E-state index in [1.165, 1.54) is 16.5 Å². The molecule has 20 heavy (non-hydrogen) atoms. The molecule has 98 valence electrons. The number of nitrogens with zero attached hydrogens (tertiary/aromatic N) is 2. The van der Waals surface area contributed by atoms with Crippen LogP contribution in [0.4, 0.5) is 11.4 Å². The van der Waals surface area contributed by atoms with Crippen molar-refractivity contribution in [1.82, 2.24) is 0 Å². The quantitative estimate of drug-likeness (QED) is 0.515. The van der Waals surface area contributed by atoms with Crippen molar-refractivity contribution in [3.05, 3.63) is 71.8 Å². The molecule has 0 aromatic heterocycles. The summed E-state index contributed by atoms with van der Waals surface area (Å²) in [5, 5.41) is 11.1. The lowest BCUT2D eigenvalue weighted by Gasteiger charge is -2.04. The Morgan fingerprint density at radius 1 is 0.650 bits per heavy atom. The fourth-order valence-electron chi connectivity index (χ4n) is 2.24. The summed E-state index contributed by atoms with van der Waals surface area (Å²) in [5.41, 5.74) is 4.27. The van der Waals surface area contributed by atoms with Gasteiger partial charge in [-0.1, -0.05) is 48.0 Å². The summed E-state index contributed by atoms with van der Waals surface area (Å²) in [7, 11) is 0. The predicted molar refractivity (Wildman–Crippen MR) is 84.0 cm³/mol. The van der Waals surface area contributed by atoms with Gasteiger partial charge in [0.2, 0.25) is 0 Å². The van der Waals surface area contributed by atoms with Crippen molar-refractivity contribution in [2.24, 2.45) is 10.2 Å². The highest BCUT2D eigenvalue weighted by Gasteiger charge is 2.01. The van der Waals surface area contributed by atoms with E-state index in [2.05, 4.69) is 48.3 Å². The van der Waals surface area contributed by atoms with Crippen molar-refractivity contribution in [3.63, 3.8) is 0 Å². The van der Waals surface area contributed by atoms with Gasteiger partial charge in [-0.3, -0.25) is 0 Å². The number of azo groups is 1. The van der Waals surface area contributed by atoms with E-state index >= 15 is 0 Å². The highest BCUT2D eigenvalue weighted by atomic mass is 15.1. The van der Waals surface area contributed by atoms with Crippen molar-refractivity contribution in [3.8, 4) is 0 Å². The Balaban J connectivity index is 2.03. The Labute approximate surface area is 118 Å². The van der Waals surface area contributed by atoms with Gasteiger partial charge in [0.05, 0.1) is 11.4 Å². The SMILES string of the molecule is Cc1ccc(N=Nc2ccc(C)c3ccccc23)cc1. The van der Waals surface area contributed by atoms with E-state index in [9.17, 15) is 0 Å². The van der Waals surface area contributed by atoms with Gasteiger partial charge in [-0.05, 0) is 43.0 Å². The molecule has 0 saturated carbocycles. The van der Waals surface area contributed by atoms with Crippen LogP contribution in [0.2, 0.25) is 0 Å². The second-order valence-corrected chi connectivity index (χ2v) is 4.98. The van der Waals surface area contributed by atoms with Crippen molar-refractivity contribution in [2.75, 3.05) is 0 Å². The summed E-state index contributed by atoms with van der Waals surface area (Å²) < 4.78 is 0. The van der Waals surface area contributed by atoms with Gasteiger partial charge in [0.1, 0.15) is 0 Å². The zero-order valence-electron chi connectivity index (χ0n) is 11.7. The van der Waals surface area contributed by atoms with E-state index in [-0.39, 0.29) is 0 Å². The van der Waals surface area contributed by atoms with E-state index in [0.717, 1.165) is 16.8 Å². The van der Waals surface area contributed by atoms with Gasteiger partial charge in [0.25, 0.3) is 0 Å². The molecular formula is C18H16N2. The van der Waals surface area contributed by atoms with Crippen molar-refractivity contribution >= 4 is 22.1 Å². The average Bonchev–Trinajstić information content (AvgIpc) is 2.49. The smallest absolute Gasteiger partial charge is 0.0935 e. The first-order valence-electron chi connectivity index (χ1n) is 6.71. The summed E-state index contributed by atoms with van der Waals surface area (Å²) in [6, 6.07) is 20.5. The van der Waals surface area contributed by atoms with E-state index in [1.807, 2.05) is 36.4 Å². The molecule has 3 aromatic rings. The minimum atomic E-state index is 0.875. The molecule has 0 saturated heterocycles. The molecule has 3 rings (SSSR count). The Kier molecular flexibility index (Phi) is 3.30. The maximum atomic E-state index is 4.40. The number of aryl methyl sites for hydroxylation is 2. The van der Waals surface area contributed by atoms with Crippen LogP contribution in [0.25, 0.3) is 10.8 Å². The second-order valence-electron chi connectivity index (χ2n) is 4.98. The zero-order valence-corrected chi connectivity index (χ0v) is 11.7. The third-order valence-electron chi connectivity index (χ3n) is 3.43. The lowest BCUT2D eigenvalue weighted by atomic mass is 10.0. The van der Waals surface area contributed by atoms with Crippen molar-refractivity contribution in [2.45, 2.75) is 13.8 Å². The standard InChI is InChI=1S/C18H16N2/c1-13-7-10-15(11-8-13)19-20-18-12-9-14(2)16-5-3-4-6-17(16)18/h3-12H,1-2H3. The Bertz CT molecular complexity index is 771. The molecule has 0 bridgehead atoms. The summed E-state index contributed by atoms with van der Waals surface area (Å²) >= 11 is 0. The molecule has 3 aromatic carbocycles. The molecule has 2 nitrogen and oxygen atoms in total. The fourth-order valence-corrected chi connectivity index (χ4v) is 2.24. The predicted octanol–water partition coefficient (Wildman–Crippen LogP) is 5.87. The van der Waals surface area contributed by atoms with Crippen LogP contribution in [-0.4, -0.2) is 0 Å². The molecular weight excluding hydrogens is 244 g/mol. The number of hydrogen-bond donors (Lipinski definition) is 0. The third-order valence-corrected chi connectivity index (χ3v) is 3.43. The van der Waals surface area contributed by atoms with Gasteiger partial charge < -0.3 is 0 Å². The monoisotopic (exact) mass is 260 g/mol. The summed E-state index contributed by atoms with van der Waals surface area (Å²) in [6.45, 7) is 4.18. The van der Waals surface area contributed by atoms with E-state index in [1.54, 1.807) is 0 Å². The maximum absolute atomic E-state index is 4.40. The van der Waals surface area contributed by atoms with Crippen LogP contribution in [0, 0.1) is 13.8 Å². The third kappa shape index (κ3) is 2.45. The normalized spacial score (nSPS) is 11.3. The highest BCUT2D eigenvalue weighted by Crippen LogP contribution is 2.29. The molecule has 0 aliphatic rings. The molecule has 0 spiro atoms. The molecule has 2 heteroatoms. The van der Waals surface area contributed by atoms with Crippen LogP contribution >= 0.6 is 0 Å². The Morgan fingerprint density at radius 2 is 1.35 bits per heavy atom. The Hall–Kier alpha value is -2.48. The van der Waals surface area contributed by atoms with E-state index in [4.69, 9.17) is 0 Å². The zero-order chi connectivity index (χ0) is 13.9. The van der Waals surface area contributed by atoms with Gasteiger partial charge in [0, 0.05) is 5.39 Å². The fraction of sp³-hybridized carbons (Fsp3) is 0.111. The largest absolute Gasteiger partial charge is 0.151 e. The summed E-state index contributed by atoms with van der Waals surface area (Å²) in [5.74, 6) is 0. The second kappa shape index (κ2) is 5.25. The van der Waals surface area contributed by atoms with E-state index in [0.29, 0.717) is 0 Å². The van der Waals surface area contributed by atoms with Crippen LogP contribution in [-0.2, 0) is 0 Å². The van der Waals surface area contributed by atoms with Gasteiger partial charge in [-0.15, -0.1) is 5.11 Å².